The smallest absolute Gasteiger partial charge is 0.00132 e. The van der Waals surface area contributed by atoms with E-state index in [1.807, 2.05) is 0 Å². The lowest BCUT2D eigenvalue weighted by Gasteiger charge is -2.20. The van der Waals surface area contributed by atoms with Crippen LogP contribution < -0.4 is 0 Å². The van der Waals surface area contributed by atoms with Gasteiger partial charge in [-0.15, -0.1) is 0 Å². The summed E-state index contributed by atoms with van der Waals surface area (Å²) in [5, 5.41) is 23.9. The van der Waals surface area contributed by atoms with Crippen molar-refractivity contribution in [3.63, 3.8) is 0 Å². The molecular weight excluding hydrogens is 1240 g/mol. The maximum atomic E-state index is 2.52. The van der Waals surface area contributed by atoms with Gasteiger partial charge in [-0.25, -0.2) is 0 Å². The zero-order chi connectivity index (χ0) is 68.2. The van der Waals surface area contributed by atoms with Crippen molar-refractivity contribution in [3.8, 4) is 44.5 Å². The maximum absolute atomic E-state index is 2.52. The first-order valence-corrected chi connectivity index (χ1v) is 36.8. The van der Waals surface area contributed by atoms with Crippen molar-refractivity contribution in [2.75, 3.05) is 0 Å². The molecule has 18 aromatic carbocycles. The van der Waals surface area contributed by atoms with Crippen LogP contribution in [0.3, 0.4) is 0 Å². The van der Waals surface area contributed by atoms with E-state index in [4.69, 9.17) is 0 Å². The Bertz CT molecular complexity index is 6320. The zero-order valence-electron chi connectivity index (χ0n) is 57.6. The van der Waals surface area contributed by atoms with Crippen LogP contribution in [0, 0.1) is 0 Å². The van der Waals surface area contributed by atoms with Crippen LogP contribution >= 0.6 is 0 Å². The molecule has 21 rings (SSSR count). The highest BCUT2D eigenvalue weighted by Gasteiger charge is 2.26. The van der Waals surface area contributed by atoms with Crippen LogP contribution in [-0.2, 0) is 12.8 Å². The highest BCUT2D eigenvalue weighted by molar-refractivity contribution is 6.26. The topological polar surface area (TPSA) is 0 Å². The molecule has 486 valence electrons. The number of hydrogen-bond acceptors (Lipinski definition) is 0. The van der Waals surface area contributed by atoms with Crippen molar-refractivity contribution >= 4 is 120 Å². The molecule has 0 nitrogen and oxygen atoms in total. The first-order valence-electron chi connectivity index (χ1n) is 36.8. The number of rotatable bonds is 7. The van der Waals surface area contributed by atoms with Gasteiger partial charge in [0.2, 0.25) is 0 Å². The van der Waals surface area contributed by atoms with Crippen LogP contribution in [0.4, 0.5) is 0 Å². The van der Waals surface area contributed by atoms with E-state index in [0.29, 0.717) is 0 Å². The van der Waals surface area contributed by atoms with E-state index in [2.05, 4.69) is 364 Å². The van der Waals surface area contributed by atoms with Crippen molar-refractivity contribution in [2.24, 2.45) is 0 Å². The Hall–Kier alpha value is -12.5. The van der Waals surface area contributed by atoms with E-state index in [9.17, 15) is 0 Å². The van der Waals surface area contributed by atoms with E-state index < -0.39 is 0 Å². The van der Waals surface area contributed by atoms with Crippen LogP contribution in [0.2, 0.25) is 0 Å². The molecule has 0 spiro atoms. The van der Waals surface area contributed by atoms with E-state index >= 15 is 0 Å². The van der Waals surface area contributed by atoms with Crippen LogP contribution in [0.25, 0.3) is 164 Å². The van der Waals surface area contributed by atoms with Crippen molar-refractivity contribution < 1.29 is 0 Å². The molecule has 103 heavy (non-hydrogen) atoms. The number of allylic oxidation sites excluding steroid dienone is 4. The molecule has 0 aliphatic heterocycles. The van der Waals surface area contributed by atoms with Gasteiger partial charge in [-0.3, -0.25) is 0 Å². The van der Waals surface area contributed by atoms with Gasteiger partial charge in [0.25, 0.3) is 0 Å². The second-order valence-corrected chi connectivity index (χ2v) is 28.0. The summed E-state index contributed by atoms with van der Waals surface area (Å²) in [5.74, 6) is 0. The van der Waals surface area contributed by atoms with E-state index in [1.165, 1.54) is 229 Å². The van der Waals surface area contributed by atoms with Gasteiger partial charge in [0.1, 0.15) is 0 Å². The van der Waals surface area contributed by atoms with Gasteiger partial charge in [-0.2, -0.15) is 0 Å². The lowest BCUT2D eigenvalue weighted by molar-refractivity contribution is 0.720. The Morgan fingerprint density at radius 3 is 1.23 bits per heavy atom. The molecule has 0 radical (unpaired) electrons. The number of fused-ring (bicyclic) bond motifs is 12. The third kappa shape index (κ3) is 10.9. The molecular formula is C103H74. The van der Waals surface area contributed by atoms with Gasteiger partial charge < -0.3 is 0 Å². The lowest BCUT2D eigenvalue weighted by atomic mass is 9.83. The van der Waals surface area contributed by atoms with Crippen molar-refractivity contribution in [1.29, 1.82) is 0 Å². The highest BCUT2D eigenvalue weighted by Crippen LogP contribution is 2.50. The maximum Gasteiger partial charge on any atom is -0.00132 e. The summed E-state index contributed by atoms with van der Waals surface area (Å²) < 4.78 is 0. The molecule has 0 N–H and O–H groups in total. The fourth-order valence-corrected chi connectivity index (χ4v) is 17.6. The third-order valence-corrected chi connectivity index (χ3v) is 22.2. The summed E-state index contributed by atoms with van der Waals surface area (Å²) in [7, 11) is 0. The van der Waals surface area contributed by atoms with Crippen LogP contribution in [0.15, 0.2) is 358 Å². The minimum absolute atomic E-state index is 0.981. The molecule has 0 atom stereocenters. The van der Waals surface area contributed by atoms with E-state index in [-0.39, 0.29) is 0 Å². The summed E-state index contributed by atoms with van der Waals surface area (Å²) in [6.07, 6.45) is 15.6. The Balaban J connectivity index is 0.000000107. The summed E-state index contributed by atoms with van der Waals surface area (Å²) in [6, 6.07) is 127. The normalized spacial score (nSPS) is 13.3. The minimum Gasteiger partial charge on any atom is -0.0807 e. The molecule has 3 aliphatic carbocycles. The van der Waals surface area contributed by atoms with Crippen molar-refractivity contribution in [3.05, 3.63) is 397 Å². The zero-order valence-corrected chi connectivity index (χ0v) is 57.6. The quantitative estimate of drug-likeness (QED) is 0.110. The van der Waals surface area contributed by atoms with Crippen LogP contribution in [-0.4, -0.2) is 0 Å². The first kappa shape index (κ1) is 61.6. The predicted molar refractivity (Wildman–Crippen MR) is 445 cm³/mol. The molecule has 0 heterocycles. The third-order valence-electron chi connectivity index (χ3n) is 22.2. The molecule has 0 unspecified atom stereocenters. The SMILES string of the molecule is C1=C(c2c3ccccc3c(-c3cc4ccccc4c4ccccc34)c3ccccc23)CCCCC1.C1=C(c2c3ccccc3c(-c3ccc(-c4ccccc4)cc3)c3ccccc23)Cc2ccccc21.C1=C(c2c3ccccc3c(-c3cccc4ccccc34)c3ccccc23)c2ccccc2C1. The monoisotopic (exact) mass is 1310 g/mol. The summed E-state index contributed by atoms with van der Waals surface area (Å²) in [4.78, 5) is 0. The molecule has 3 aliphatic rings. The average Bonchev–Trinajstić information content (AvgIpc) is 1.57. The van der Waals surface area contributed by atoms with Gasteiger partial charge in [0, 0.05) is 0 Å². The van der Waals surface area contributed by atoms with E-state index in [0.717, 1.165) is 12.8 Å². The van der Waals surface area contributed by atoms with Crippen molar-refractivity contribution in [2.45, 2.75) is 44.9 Å². The van der Waals surface area contributed by atoms with Crippen LogP contribution in [0.1, 0.15) is 71.0 Å². The summed E-state index contributed by atoms with van der Waals surface area (Å²) in [5.41, 5.74) is 24.4. The summed E-state index contributed by atoms with van der Waals surface area (Å²) in [6.45, 7) is 0. The molecule has 0 fully saturated rings. The van der Waals surface area contributed by atoms with Gasteiger partial charge in [-0.1, -0.05) is 364 Å². The largest absolute Gasteiger partial charge is 0.0807 e. The van der Waals surface area contributed by atoms with Crippen molar-refractivity contribution in [1.82, 2.24) is 0 Å². The van der Waals surface area contributed by atoms with Gasteiger partial charge in [0.05, 0.1) is 0 Å². The van der Waals surface area contributed by atoms with Gasteiger partial charge >= 0.3 is 0 Å². The molecule has 0 aromatic heterocycles. The Morgan fingerprint density at radius 1 is 0.214 bits per heavy atom. The Morgan fingerprint density at radius 2 is 0.631 bits per heavy atom. The fourth-order valence-electron chi connectivity index (χ4n) is 17.6. The van der Waals surface area contributed by atoms with Crippen LogP contribution in [0.5, 0.6) is 0 Å². The lowest BCUT2D eigenvalue weighted by Crippen LogP contribution is -1.94. The number of benzene rings is 18. The molecule has 0 bridgehead atoms. The molecule has 0 saturated heterocycles. The molecule has 0 saturated carbocycles. The Labute approximate surface area is 602 Å². The molecule has 0 heteroatoms. The minimum atomic E-state index is 0.981. The summed E-state index contributed by atoms with van der Waals surface area (Å²) >= 11 is 0. The molecule has 0 amide bonds. The second kappa shape index (κ2) is 26.6. The van der Waals surface area contributed by atoms with E-state index in [1.54, 1.807) is 0 Å². The molecule has 18 aromatic rings. The fraction of sp³-hybridized carbons (Fsp3) is 0.0680. The highest BCUT2D eigenvalue weighted by atomic mass is 14.3. The average molecular weight is 1310 g/mol. The van der Waals surface area contributed by atoms with Gasteiger partial charge in [0.15, 0.2) is 0 Å². The standard InChI is InChI=1S/C35H24.C35H28.C33H22/c1-2-10-24(11-3-1)25-18-20-26(21-19-25)34-30-14-6-8-16-32(30)35(33-17-9-7-15-31(33)34)29-22-27-12-4-5-13-28(27)23-29;1-2-4-14-24(13-3-1)34-29-19-9-11-21-31(29)35(32-22-12-10-20-30(32)34)33-23-25-15-5-6-16-26(25)27-17-7-8-18-28(27)33;1-3-13-24-22(10-1)12-9-19-26(24)32-27-15-5-7-17-29(27)33(30-18-8-6-16-28(30)32)31-21-20-23-11-2-4-14-25(23)31/h1-22H,23H2;5-13,15-23H,1-4,14H2;1-19,21H,20H2. The first-order chi connectivity index (χ1) is 51.2. The Kier molecular flexibility index (Phi) is 15.9. The predicted octanol–water partition coefficient (Wildman–Crippen LogP) is 28.5. The second-order valence-electron chi connectivity index (χ2n) is 28.0. The van der Waals surface area contributed by atoms with Gasteiger partial charge in [-0.05, 0) is 242 Å². The number of hydrogen-bond donors (Lipinski definition) is 0.